The number of hydrogen-bond donors (Lipinski definition) is 2. The summed E-state index contributed by atoms with van der Waals surface area (Å²) < 4.78 is 4.15. The van der Waals surface area contributed by atoms with Crippen LogP contribution >= 0.6 is 27.7 Å². The molecule has 0 atom stereocenters. The number of aromatic nitrogens is 5. The third-order valence-electron chi connectivity index (χ3n) is 4.33. The zero-order valence-corrected chi connectivity index (χ0v) is 18.3. The highest BCUT2D eigenvalue weighted by Crippen LogP contribution is 2.18. The molecule has 0 aliphatic heterocycles. The first kappa shape index (κ1) is 20.3. The van der Waals surface area contributed by atoms with Crippen molar-refractivity contribution in [1.29, 1.82) is 0 Å². The molecule has 3 rings (SSSR count). The Kier molecular flexibility index (Phi) is 6.04. The molecule has 3 heterocycles. The van der Waals surface area contributed by atoms with Crippen molar-refractivity contribution in [3.63, 3.8) is 0 Å². The minimum absolute atomic E-state index is 0.204. The van der Waals surface area contributed by atoms with Gasteiger partial charge in [0.25, 0.3) is 11.7 Å². The van der Waals surface area contributed by atoms with Gasteiger partial charge in [0.2, 0.25) is 11.1 Å². The first-order valence-electron chi connectivity index (χ1n) is 8.48. The number of carbonyl (C=O) groups excluding carboxylic acids is 2. The largest absolute Gasteiger partial charge is 0.345 e. The number of thioether (sulfide) groups is 1. The lowest BCUT2D eigenvalue weighted by Crippen LogP contribution is -2.42. The Bertz CT molecular complexity index is 1060. The molecule has 9 nitrogen and oxygen atoms in total. The van der Waals surface area contributed by atoms with Gasteiger partial charge in [0.15, 0.2) is 0 Å². The number of carbonyl (C=O) groups is 2. The average molecular weight is 466 g/mol. The summed E-state index contributed by atoms with van der Waals surface area (Å²) >= 11 is 4.76. The Hall–Kier alpha value is -2.40. The van der Waals surface area contributed by atoms with Gasteiger partial charge in [0, 0.05) is 35.5 Å². The highest BCUT2D eigenvalue weighted by atomic mass is 79.9. The second-order valence-corrected chi connectivity index (χ2v) is 7.92. The number of rotatable bonds is 5. The van der Waals surface area contributed by atoms with E-state index >= 15 is 0 Å². The first-order chi connectivity index (χ1) is 13.3. The summed E-state index contributed by atoms with van der Waals surface area (Å²) in [6, 6.07) is 1.68. The molecule has 3 aromatic heterocycles. The summed E-state index contributed by atoms with van der Waals surface area (Å²) in [5, 5.41) is 5.06. The topological polar surface area (TPSA) is 106 Å². The number of halogens is 1. The standard InChI is InChI=1S/C17H20BrN7O2S/c1-9-12(10(2)25-16(19-9)20-17(23-25)28-4)5-6-14(26)21-22-15(27)13-7-11(18)8-24(13)3/h7-8H,5-6H2,1-4H3,(H,21,26)(H,22,27). The van der Waals surface area contributed by atoms with E-state index in [1.807, 2.05) is 20.1 Å². The van der Waals surface area contributed by atoms with Gasteiger partial charge in [-0.25, -0.2) is 9.50 Å². The summed E-state index contributed by atoms with van der Waals surface area (Å²) in [6.45, 7) is 3.82. The lowest BCUT2D eigenvalue weighted by atomic mass is 10.1. The number of nitrogens with zero attached hydrogens (tertiary/aromatic N) is 5. The van der Waals surface area contributed by atoms with Crippen LogP contribution in [0.4, 0.5) is 0 Å². The maximum absolute atomic E-state index is 12.2. The Balaban J connectivity index is 1.63. The van der Waals surface area contributed by atoms with Gasteiger partial charge >= 0.3 is 0 Å². The number of aryl methyl sites for hydroxylation is 3. The lowest BCUT2D eigenvalue weighted by molar-refractivity contribution is -0.121. The summed E-state index contributed by atoms with van der Waals surface area (Å²) in [7, 11) is 1.75. The lowest BCUT2D eigenvalue weighted by Gasteiger charge is -2.11. The summed E-state index contributed by atoms with van der Waals surface area (Å²) in [4.78, 5) is 33.1. The highest BCUT2D eigenvalue weighted by Gasteiger charge is 2.15. The molecule has 148 valence electrons. The molecule has 0 bridgehead atoms. The third-order valence-corrected chi connectivity index (χ3v) is 5.31. The van der Waals surface area contributed by atoms with E-state index in [0.717, 1.165) is 21.4 Å². The molecule has 0 radical (unpaired) electrons. The van der Waals surface area contributed by atoms with Crippen molar-refractivity contribution in [3.8, 4) is 0 Å². The smallest absolute Gasteiger partial charge is 0.286 e. The molecule has 0 saturated heterocycles. The van der Waals surface area contributed by atoms with Crippen LogP contribution in [0.3, 0.4) is 0 Å². The van der Waals surface area contributed by atoms with Crippen molar-refractivity contribution >= 4 is 45.3 Å². The van der Waals surface area contributed by atoms with Crippen LogP contribution < -0.4 is 10.9 Å². The van der Waals surface area contributed by atoms with E-state index in [-0.39, 0.29) is 18.2 Å². The molecular weight excluding hydrogens is 446 g/mol. The molecule has 0 fully saturated rings. The minimum Gasteiger partial charge on any atom is -0.345 e. The number of nitrogens with one attached hydrogen (secondary N) is 2. The molecule has 0 aliphatic carbocycles. The van der Waals surface area contributed by atoms with Crippen LogP contribution in [0.15, 0.2) is 21.9 Å². The van der Waals surface area contributed by atoms with Crippen LogP contribution in [0.1, 0.15) is 33.9 Å². The van der Waals surface area contributed by atoms with Crippen molar-refractivity contribution in [2.24, 2.45) is 7.05 Å². The number of amides is 2. The fourth-order valence-corrected chi connectivity index (χ4v) is 3.74. The zero-order valence-electron chi connectivity index (χ0n) is 15.9. The molecule has 0 saturated carbocycles. The molecule has 0 unspecified atom stereocenters. The van der Waals surface area contributed by atoms with Crippen LogP contribution in [-0.4, -0.2) is 42.2 Å². The molecule has 0 aliphatic rings. The van der Waals surface area contributed by atoms with E-state index in [4.69, 9.17) is 0 Å². The second-order valence-electron chi connectivity index (χ2n) is 6.23. The predicted molar refractivity (Wildman–Crippen MR) is 109 cm³/mol. The Labute approximate surface area is 174 Å². The molecule has 2 N–H and O–H groups in total. The van der Waals surface area contributed by atoms with Gasteiger partial charge in [0.05, 0.1) is 0 Å². The van der Waals surface area contributed by atoms with E-state index in [0.29, 0.717) is 23.0 Å². The fraction of sp³-hybridized carbons (Fsp3) is 0.353. The van der Waals surface area contributed by atoms with E-state index in [9.17, 15) is 9.59 Å². The van der Waals surface area contributed by atoms with Crippen molar-refractivity contribution in [2.75, 3.05) is 6.26 Å². The van der Waals surface area contributed by atoms with Crippen molar-refractivity contribution < 1.29 is 9.59 Å². The maximum atomic E-state index is 12.2. The zero-order chi connectivity index (χ0) is 20.4. The first-order valence-corrected chi connectivity index (χ1v) is 10.5. The highest BCUT2D eigenvalue weighted by molar-refractivity contribution is 9.10. The summed E-state index contributed by atoms with van der Waals surface area (Å²) in [5.74, 6) is -0.123. The molecule has 0 spiro atoms. The van der Waals surface area contributed by atoms with E-state index in [1.165, 1.54) is 11.8 Å². The van der Waals surface area contributed by atoms with Crippen molar-refractivity contribution in [1.82, 2.24) is 35.0 Å². The number of hydrazine groups is 1. The van der Waals surface area contributed by atoms with Crippen LogP contribution in [-0.2, 0) is 18.3 Å². The van der Waals surface area contributed by atoms with E-state index in [2.05, 4.69) is 41.8 Å². The monoisotopic (exact) mass is 465 g/mol. The average Bonchev–Trinajstić information content (AvgIpc) is 3.21. The molecule has 3 aromatic rings. The second kappa shape index (κ2) is 8.31. The van der Waals surface area contributed by atoms with Crippen molar-refractivity contribution in [3.05, 3.63) is 39.4 Å². The van der Waals surface area contributed by atoms with Crippen molar-refractivity contribution in [2.45, 2.75) is 31.8 Å². The van der Waals surface area contributed by atoms with Crippen LogP contribution in [0, 0.1) is 13.8 Å². The number of fused-ring (bicyclic) bond motifs is 1. The Morgan fingerprint density at radius 1 is 1.25 bits per heavy atom. The molecule has 0 aromatic carbocycles. The predicted octanol–water partition coefficient (Wildman–Crippen LogP) is 1.96. The van der Waals surface area contributed by atoms with Crippen LogP contribution in [0.25, 0.3) is 5.78 Å². The van der Waals surface area contributed by atoms with Crippen LogP contribution in [0.2, 0.25) is 0 Å². The van der Waals surface area contributed by atoms with Gasteiger partial charge in [-0.05, 0) is 54.1 Å². The fourth-order valence-electron chi connectivity index (χ4n) is 2.88. The van der Waals surface area contributed by atoms with E-state index in [1.54, 1.807) is 28.4 Å². The minimum atomic E-state index is -0.385. The van der Waals surface area contributed by atoms with Gasteiger partial charge in [-0.2, -0.15) is 4.98 Å². The normalized spacial score (nSPS) is 11.0. The maximum Gasteiger partial charge on any atom is 0.286 e. The van der Waals surface area contributed by atoms with Gasteiger partial charge < -0.3 is 4.57 Å². The summed E-state index contributed by atoms with van der Waals surface area (Å²) in [5.41, 5.74) is 7.98. The SMILES string of the molecule is CSc1nc2nc(C)c(CCC(=O)NNC(=O)c3cc(Br)cn3C)c(C)n2n1. The Morgan fingerprint density at radius 3 is 2.64 bits per heavy atom. The van der Waals surface area contributed by atoms with Gasteiger partial charge in [0.1, 0.15) is 5.69 Å². The number of hydrogen-bond acceptors (Lipinski definition) is 6. The molecular formula is C17H20BrN7O2S. The third kappa shape index (κ3) is 4.20. The van der Waals surface area contributed by atoms with E-state index < -0.39 is 0 Å². The van der Waals surface area contributed by atoms with Crippen LogP contribution in [0.5, 0.6) is 0 Å². The molecule has 28 heavy (non-hydrogen) atoms. The quantitative estimate of drug-likeness (QED) is 0.440. The summed E-state index contributed by atoms with van der Waals surface area (Å²) in [6.07, 6.45) is 4.35. The molecule has 2 amide bonds. The van der Waals surface area contributed by atoms with Gasteiger partial charge in [-0.15, -0.1) is 5.10 Å². The molecule has 11 heteroatoms. The Morgan fingerprint density at radius 2 is 2.00 bits per heavy atom. The van der Waals surface area contributed by atoms with Gasteiger partial charge in [-0.1, -0.05) is 11.8 Å². The van der Waals surface area contributed by atoms with Gasteiger partial charge in [-0.3, -0.25) is 20.4 Å².